The molecule has 0 aromatic carbocycles. The Morgan fingerprint density at radius 2 is 1.95 bits per heavy atom. The van der Waals surface area contributed by atoms with E-state index in [9.17, 15) is 10.1 Å². The first kappa shape index (κ1) is 16.5. The number of hydrogen-bond donors (Lipinski definition) is 1. The Bertz CT molecular complexity index is 517. The van der Waals surface area contributed by atoms with Gasteiger partial charge in [0.15, 0.2) is 0 Å². The summed E-state index contributed by atoms with van der Waals surface area (Å²) in [7, 11) is 3.96. The van der Waals surface area contributed by atoms with Crippen molar-refractivity contribution in [2.45, 2.75) is 20.3 Å². The first-order valence-electron chi connectivity index (χ1n) is 6.48. The molecule has 0 fully saturated rings. The zero-order valence-corrected chi connectivity index (χ0v) is 13.3. The monoisotopic (exact) mass is 295 g/mol. The summed E-state index contributed by atoms with van der Waals surface area (Å²) < 4.78 is 0. The van der Waals surface area contributed by atoms with Gasteiger partial charge in [-0.15, -0.1) is 11.3 Å². The average molecular weight is 295 g/mol. The topological polar surface area (TPSA) is 67.6 Å². The van der Waals surface area contributed by atoms with E-state index >= 15 is 0 Å². The zero-order chi connectivity index (χ0) is 15.3. The molecule has 0 aliphatic heterocycles. The standard InChI is InChI=1S/C14H21N3O2S/c1-10-11(2)20-14(12(10)9-15)17(6-5-13(18)19)8-7-16(3)4/h5-8H2,1-4H3,(H,18,19). The molecule has 0 unspecified atom stereocenters. The molecule has 1 aromatic rings. The average Bonchev–Trinajstić information content (AvgIpc) is 2.64. The molecule has 20 heavy (non-hydrogen) atoms. The van der Waals surface area contributed by atoms with Crippen LogP contribution in [0.2, 0.25) is 0 Å². The van der Waals surface area contributed by atoms with E-state index < -0.39 is 5.97 Å². The van der Waals surface area contributed by atoms with Crippen molar-refractivity contribution in [3.05, 3.63) is 16.0 Å². The van der Waals surface area contributed by atoms with Crippen LogP contribution in [-0.4, -0.2) is 49.7 Å². The highest BCUT2D eigenvalue weighted by molar-refractivity contribution is 7.16. The second-order valence-corrected chi connectivity index (χ2v) is 6.21. The Morgan fingerprint density at radius 3 is 2.45 bits per heavy atom. The Labute approximate surface area is 124 Å². The van der Waals surface area contributed by atoms with Gasteiger partial charge in [-0.3, -0.25) is 4.79 Å². The number of aliphatic carboxylic acids is 1. The van der Waals surface area contributed by atoms with Crippen LogP contribution in [0.25, 0.3) is 0 Å². The summed E-state index contributed by atoms with van der Waals surface area (Å²) in [5, 5.41) is 19.1. The van der Waals surface area contributed by atoms with Crippen molar-refractivity contribution in [3.63, 3.8) is 0 Å². The van der Waals surface area contributed by atoms with Gasteiger partial charge in [0.2, 0.25) is 0 Å². The van der Waals surface area contributed by atoms with Gasteiger partial charge < -0.3 is 14.9 Å². The summed E-state index contributed by atoms with van der Waals surface area (Å²) >= 11 is 1.57. The summed E-state index contributed by atoms with van der Waals surface area (Å²) in [6.45, 7) is 5.90. The molecule has 0 spiro atoms. The number of hydrogen-bond acceptors (Lipinski definition) is 5. The van der Waals surface area contributed by atoms with Crippen LogP contribution in [0.15, 0.2) is 0 Å². The first-order chi connectivity index (χ1) is 9.36. The maximum atomic E-state index is 10.8. The van der Waals surface area contributed by atoms with Crippen molar-refractivity contribution < 1.29 is 9.90 Å². The van der Waals surface area contributed by atoms with Crippen LogP contribution in [0.3, 0.4) is 0 Å². The quantitative estimate of drug-likeness (QED) is 0.834. The molecule has 1 aromatic heterocycles. The molecule has 0 atom stereocenters. The highest BCUT2D eigenvalue weighted by Gasteiger charge is 2.19. The number of thiophene rings is 1. The van der Waals surface area contributed by atoms with Crippen LogP contribution in [0.1, 0.15) is 22.4 Å². The van der Waals surface area contributed by atoms with Crippen molar-refractivity contribution in [1.82, 2.24) is 4.90 Å². The van der Waals surface area contributed by atoms with Gasteiger partial charge in [-0.2, -0.15) is 5.26 Å². The van der Waals surface area contributed by atoms with Crippen LogP contribution >= 0.6 is 11.3 Å². The van der Waals surface area contributed by atoms with Gasteiger partial charge >= 0.3 is 5.97 Å². The summed E-state index contributed by atoms with van der Waals surface area (Å²) in [6, 6.07) is 2.25. The lowest BCUT2D eigenvalue weighted by Gasteiger charge is -2.24. The molecule has 1 N–H and O–H groups in total. The molecule has 1 rings (SSSR count). The van der Waals surface area contributed by atoms with Crippen molar-refractivity contribution >= 4 is 22.3 Å². The van der Waals surface area contributed by atoms with Gasteiger partial charge in [0, 0.05) is 24.5 Å². The summed E-state index contributed by atoms with van der Waals surface area (Å²) in [4.78, 5) is 16.0. The van der Waals surface area contributed by atoms with Crippen LogP contribution in [0.4, 0.5) is 5.00 Å². The third-order valence-electron chi connectivity index (χ3n) is 3.18. The lowest BCUT2D eigenvalue weighted by atomic mass is 10.2. The number of anilines is 1. The molecule has 5 nitrogen and oxygen atoms in total. The Morgan fingerprint density at radius 1 is 1.30 bits per heavy atom. The lowest BCUT2D eigenvalue weighted by Crippen LogP contribution is -2.33. The van der Waals surface area contributed by atoms with E-state index in [1.165, 1.54) is 0 Å². The Hall–Kier alpha value is -1.58. The minimum absolute atomic E-state index is 0.0777. The molecule has 0 saturated carbocycles. The van der Waals surface area contributed by atoms with Crippen LogP contribution in [0, 0.1) is 25.2 Å². The number of carbonyl (C=O) groups is 1. The molecule has 0 amide bonds. The number of rotatable bonds is 7. The molecule has 0 saturated heterocycles. The zero-order valence-electron chi connectivity index (χ0n) is 12.4. The fourth-order valence-corrected chi connectivity index (χ4v) is 2.99. The van der Waals surface area contributed by atoms with Crippen molar-refractivity contribution in [1.29, 1.82) is 5.26 Å². The number of aryl methyl sites for hydroxylation is 1. The minimum Gasteiger partial charge on any atom is -0.481 e. The predicted molar refractivity (Wildman–Crippen MR) is 81.5 cm³/mol. The second kappa shape index (κ2) is 7.27. The molecule has 0 radical (unpaired) electrons. The molecule has 0 aliphatic rings. The largest absolute Gasteiger partial charge is 0.481 e. The molecule has 1 heterocycles. The van der Waals surface area contributed by atoms with Gasteiger partial charge in [0.25, 0.3) is 0 Å². The smallest absolute Gasteiger partial charge is 0.305 e. The van der Waals surface area contributed by atoms with Crippen LogP contribution < -0.4 is 4.90 Å². The van der Waals surface area contributed by atoms with Gasteiger partial charge in [0.1, 0.15) is 11.1 Å². The second-order valence-electron chi connectivity index (χ2n) is 5.01. The van der Waals surface area contributed by atoms with E-state index in [4.69, 9.17) is 5.11 Å². The van der Waals surface area contributed by atoms with Gasteiger partial charge in [-0.1, -0.05) is 0 Å². The van der Waals surface area contributed by atoms with Crippen LogP contribution in [0.5, 0.6) is 0 Å². The van der Waals surface area contributed by atoms with Crippen LogP contribution in [-0.2, 0) is 4.79 Å². The number of likely N-dealkylation sites (N-methyl/N-ethyl adjacent to an activating group) is 1. The molecular weight excluding hydrogens is 274 g/mol. The van der Waals surface area contributed by atoms with Gasteiger partial charge in [0.05, 0.1) is 12.0 Å². The maximum Gasteiger partial charge on any atom is 0.305 e. The first-order valence-corrected chi connectivity index (χ1v) is 7.30. The van der Waals surface area contributed by atoms with Gasteiger partial charge in [-0.25, -0.2) is 0 Å². The van der Waals surface area contributed by atoms with Crippen molar-refractivity contribution in [2.75, 3.05) is 38.6 Å². The summed E-state index contributed by atoms with van der Waals surface area (Å²) in [6.07, 6.45) is 0.0777. The normalized spacial score (nSPS) is 10.6. The maximum absolute atomic E-state index is 10.8. The third-order valence-corrected chi connectivity index (χ3v) is 4.45. The number of carboxylic acids is 1. The molecule has 0 bridgehead atoms. The molecule has 110 valence electrons. The number of nitrogens with zero attached hydrogens (tertiary/aromatic N) is 3. The van der Waals surface area contributed by atoms with E-state index in [1.807, 2.05) is 37.7 Å². The Kier molecular flexibility index (Phi) is 5.99. The molecule has 0 aliphatic carbocycles. The number of nitriles is 1. The fraction of sp³-hybridized carbons (Fsp3) is 0.571. The predicted octanol–water partition coefficient (Wildman–Crippen LogP) is 2.08. The third kappa shape index (κ3) is 4.22. The lowest BCUT2D eigenvalue weighted by molar-refractivity contribution is -0.136. The SMILES string of the molecule is Cc1sc(N(CCC(=O)O)CCN(C)C)c(C#N)c1C. The van der Waals surface area contributed by atoms with E-state index in [-0.39, 0.29) is 6.42 Å². The van der Waals surface area contributed by atoms with E-state index in [2.05, 4.69) is 6.07 Å². The number of carboxylic acid groups (broad SMARTS) is 1. The molecular formula is C14H21N3O2S. The van der Waals surface area contributed by atoms with Crippen molar-refractivity contribution in [2.24, 2.45) is 0 Å². The summed E-state index contributed by atoms with van der Waals surface area (Å²) in [5.41, 5.74) is 1.68. The minimum atomic E-state index is -0.816. The van der Waals surface area contributed by atoms with Crippen molar-refractivity contribution in [3.8, 4) is 6.07 Å². The van der Waals surface area contributed by atoms with E-state index in [0.29, 0.717) is 18.7 Å². The highest BCUT2D eigenvalue weighted by Crippen LogP contribution is 2.34. The van der Waals surface area contributed by atoms with E-state index in [1.54, 1.807) is 11.3 Å². The Balaban J connectivity index is 3.00. The molecule has 6 heteroatoms. The fourth-order valence-electron chi connectivity index (χ4n) is 1.83. The summed E-state index contributed by atoms with van der Waals surface area (Å²) in [5.74, 6) is -0.816. The van der Waals surface area contributed by atoms with Gasteiger partial charge in [-0.05, 0) is 33.5 Å². The van der Waals surface area contributed by atoms with E-state index in [0.717, 1.165) is 22.0 Å². The highest BCUT2D eigenvalue weighted by atomic mass is 32.1.